The molecule has 0 amide bonds. The Morgan fingerprint density at radius 3 is 2.87 bits per heavy atom. The zero-order valence-electron chi connectivity index (χ0n) is 9.24. The summed E-state index contributed by atoms with van der Waals surface area (Å²) >= 11 is 1.89. The maximum Gasteiger partial charge on any atom is 0.0869 e. The minimum atomic E-state index is -0.396. The first-order valence-corrected chi connectivity index (χ1v) is 7.44. The second-order valence-corrected chi connectivity index (χ2v) is 6.79. The molecule has 3 fully saturated rings. The van der Waals surface area contributed by atoms with E-state index in [1.807, 2.05) is 11.8 Å². The van der Waals surface area contributed by atoms with Crippen LogP contribution in [0, 0.1) is 11.8 Å². The van der Waals surface area contributed by atoms with Crippen LogP contribution in [0.25, 0.3) is 0 Å². The van der Waals surface area contributed by atoms with Gasteiger partial charge < -0.3 is 10.4 Å². The Morgan fingerprint density at radius 1 is 1.33 bits per heavy atom. The average Bonchev–Trinajstić information content (AvgIpc) is 2.90. The fraction of sp³-hybridized carbons (Fsp3) is 1.00. The topological polar surface area (TPSA) is 32.3 Å². The fourth-order valence-corrected chi connectivity index (χ4v) is 4.85. The second kappa shape index (κ2) is 3.94. The Kier molecular flexibility index (Phi) is 2.74. The van der Waals surface area contributed by atoms with Gasteiger partial charge in [0.25, 0.3) is 0 Å². The molecule has 15 heavy (non-hydrogen) atoms. The summed E-state index contributed by atoms with van der Waals surface area (Å²) in [6.07, 6.45) is 6.68. The molecule has 1 aliphatic heterocycles. The summed E-state index contributed by atoms with van der Waals surface area (Å²) in [5, 5.41) is 13.9. The van der Waals surface area contributed by atoms with Gasteiger partial charge in [-0.1, -0.05) is 6.42 Å². The summed E-state index contributed by atoms with van der Waals surface area (Å²) < 4.78 is 0. The third-order valence-electron chi connectivity index (χ3n) is 4.51. The quantitative estimate of drug-likeness (QED) is 0.768. The summed E-state index contributed by atoms with van der Waals surface area (Å²) in [5.74, 6) is 3.99. The van der Waals surface area contributed by atoms with E-state index in [2.05, 4.69) is 5.32 Å². The van der Waals surface area contributed by atoms with Crippen molar-refractivity contribution in [2.75, 3.05) is 18.1 Å². The summed E-state index contributed by atoms with van der Waals surface area (Å²) in [5.41, 5.74) is -0.396. The van der Waals surface area contributed by atoms with Gasteiger partial charge in [-0.15, -0.1) is 0 Å². The van der Waals surface area contributed by atoms with E-state index in [9.17, 15) is 5.11 Å². The molecule has 0 aromatic rings. The lowest BCUT2D eigenvalue weighted by Crippen LogP contribution is -2.46. The molecule has 3 aliphatic rings. The molecule has 0 radical (unpaired) electrons. The zero-order chi connectivity index (χ0) is 10.3. The van der Waals surface area contributed by atoms with E-state index in [1.165, 1.54) is 25.7 Å². The highest BCUT2D eigenvalue weighted by molar-refractivity contribution is 7.99. The molecule has 0 aromatic carbocycles. The minimum Gasteiger partial charge on any atom is -0.388 e. The van der Waals surface area contributed by atoms with Crippen molar-refractivity contribution in [3.8, 4) is 0 Å². The summed E-state index contributed by atoms with van der Waals surface area (Å²) in [6.45, 7) is 0.827. The van der Waals surface area contributed by atoms with Crippen LogP contribution in [0.1, 0.15) is 32.1 Å². The van der Waals surface area contributed by atoms with Gasteiger partial charge in [0.05, 0.1) is 5.60 Å². The van der Waals surface area contributed by atoms with Crippen molar-refractivity contribution in [1.29, 1.82) is 0 Å². The van der Waals surface area contributed by atoms with Crippen molar-refractivity contribution < 1.29 is 5.11 Å². The van der Waals surface area contributed by atoms with Crippen LogP contribution in [0.2, 0.25) is 0 Å². The molecule has 4 unspecified atom stereocenters. The van der Waals surface area contributed by atoms with Crippen LogP contribution < -0.4 is 5.32 Å². The number of nitrogens with one attached hydrogen (secondary N) is 1. The molecule has 2 saturated carbocycles. The number of aliphatic hydroxyl groups is 1. The van der Waals surface area contributed by atoms with E-state index in [0.717, 1.165) is 42.3 Å². The van der Waals surface area contributed by atoms with Crippen molar-refractivity contribution in [2.24, 2.45) is 11.8 Å². The van der Waals surface area contributed by atoms with Crippen molar-refractivity contribution in [3.63, 3.8) is 0 Å². The van der Waals surface area contributed by atoms with Crippen LogP contribution in [0.4, 0.5) is 0 Å². The second-order valence-electron chi connectivity index (χ2n) is 5.69. The maximum absolute atomic E-state index is 10.2. The van der Waals surface area contributed by atoms with E-state index < -0.39 is 5.60 Å². The first-order valence-electron chi connectivity index (χ1n) is 6.29. The Bertz CT molecular complexity index is 240. The standard InChI is InChI=1S/C12H21NOS/c14-12(3-4-15-8-12)7-13-11-6-9-1-2-10(11)5-9/h9-11,13-14H,1-8H2. The Morgan fingerprint density at radius 2 is 2.27 bits per heavy atom. The van der Waals surface area contributed by atoms with E-state index in [-0.39, 0.29) is 0 Å². The van der Waals surface area contributed by atoms with Crippen LogP contribution in [-0.2, 0) is 0 Å². The van der Waals surface area contributed by atoms with E-state index in [4.69, 9.17) is 0 Å². The lowest BCUT2D eigenvalue weighted by molar-refractivity contribution is 0.0621. The highest BCUT2D eigenvalue weighted by Gasteiger charge is 2.40. The Balaban J connectivity index is 1.50. The van der Waals surface area contributed by atoms with Crippen LogP contribution in [-0.4, -0.2) is 34.8 Å². The number of thioether (sulfide) groups is 1. The smallest absolute Gasteiger partial charge is 0.0869 e. The third kappa shape index (κ3) is 2.06. The first kappa shape index (κ1) is 10.4. The first-order chi connectivity index (χ1) is 7.25. The number of fused-ring (bicyclic) bond motifs is 2. The van der Waals surface area contributed by atoms with E-state index in [1.54, 1.807) is 0 Å². The summed E-state index contributed by atoms with van der Waals surface area (Å²) in [4.78, 5) is 0. The molecule has 2 N–H and O–H groups in total. The lowest BCUT2D eigenvalue weighted by atomic mass is 9.94. The zero-order valence-corrected chi connectivity index (χ0v) is 10.1. The molecule has 3 rings (SSSR count). The Hall–Kier alpha value is 0.270. The van der Waals surface area contributed by atoms with Gasteiger partial charge >= 0.3 is 0 Å². The molecule has 0 aromatic heterocycles. The largest absolute Gasteiger partial charge is 0.388 e. The van der Waals surface area contributed by atoms with Gasteiger partial charge in [0.15, 0.2) is 0 Å². The van der Waals surface area contributed by atoms with Gasteiger partial charge in [-0.3, -0.25) is 0 Å². The number of hydrogen-bond donors (Lipinski definition) is 2. The van der Waals surface area contributed by atoms with Crippen LogP contribution in [0.3, 0.4) is 0 Å². The van der Waals surface area contributed by atoms with E-state index >= 15 is 0 Å². The van der Waals surface area contributed by atoms with Gasteiger partial charge in [-0.2, -0.15) is 11.8 Å². The molecule has 1 heterocycles. The predicted molar refractivity (Wildman–Crippen MR) is 64.1 cm³/mol. The summed E-state index contributed by atoms with van der Waals surface area (Å²) in [6, 6.07) is 0.721. The molecule has 2 aliphatic carbocycles. The monoisotopic (exact) mass is 227 g/mol. The molecule has 3 heteroatoms. The maximum atomic E-state index is 10.2. The van der Waals surface area contributed by atoms with Crippen LogP contribution >= 0.6 is 11.8 Å². The van der Waals surface area contributed by atoms with Crippen molar-refractivity contribution in [1.82, 2.24) is 5.32 Å². The third-order valence-corrected chi connectivity index (χ3v) is 5.75. The SMILES string of the molecule is OC1(CNC2CC3CCC2C3)CCSC1. The molecule has 2 nitrogen and oxygen atoms in total. The van der Waals surface area contributed by atoms with Crippen molar-refractivity contribution in [2.45, 2.75) is 43.7 Å². The normalized spacial score (nSPS) is 49.0. The highest BCUT2D eigenvalue weighted by atomic mass is 32.2. The molecular weight excluding hydrogens is 206 g/mol. The van der Waals surface area contributed by atoms with Gasteiger partial charge in [-0.05, 0) is 43.3 Å². The van der Waals surface area contributed by atoms with E-state index in [0.29, 0.717) is 0 Å². The van der Waals surface area contributed by atoms with Gasteiger partial charge in [0.2, 0.25) is 0 Å². The van der Waals surface area contributed by atoms with Crippen LogP contribution in [0.5, 0.6) is 0 Å². The van der Waals surface area contributed by atoms with Gasteiger partial charge in [-0.25, -0.2) is 0 Å². The molecule has 86 valence electrons. The van der Waals surface area contributed by atoms with Crippen molar-refractivity contribution >= 4 is 11.8 Å². The number of hydrogen-bond acceptors (Lipinski definition) is 3. The molecule has 4 atom stereocenters. The number of rotatable bonds is 3. The lowest BCUT2D eigenvalue weighted by Gasteiger charge is -2.28. The minimum absolute atomic E-state index is 0.396. The van der Waals surface area contributed by atoms with Crippen LogP contribution in [0.15, 0.2) is 0 Å². The molecule has 1 saturated heterocycles. The molecule has 0 spiro atoms. The van der Waals surface area contributed by atoms with Gasteiger partial charge in [0.1, 0.15) is 0 Å². The highest BCUT2D eigenvalue weighted by Crippen LogP contribution is 2.44. The predicted octanol–water partition coefficient (Wildman–Crippen LogP) is 1.63. The van der Waals surface area contributed by atoms with Crippen molar-refractivity contribution in [3.05, 3.63) is 0 Å². The Labute approximate surface area is 96.2 Å². The molecular formula is C12H21NOS. The fourth-order valence-electron chi connectivity index (χ4n) is 3.55. The van der Waals surface area contributed by atoms with Gasteiger partial charge in [0, 0.05) is 18.3 Å². The average molecular weight is 227 g/mol. The summed E-state index contributed by atoms with van der Waals surface area (Å²) in [7, 11) is 0. The molecule has 2 bridgehead atoms.